The maximum Gasteiger partial charge on any atom is 0.235 e. The molecule has 0 radical (unpaired) electrons. The Balaban J connectivity index is 2.64. The van der Waals surface area contributed by atoms with E-state index in [4.69, 9.17) is 11.6 Å². The number of rotatable bonds is 1. The second-order valence-electron chi connectivity index (χ2n) is 3.11. The largest absolute Gasteiger partial charge is 0.345 e. The Kier molecular flexibility index (Phi) is 3.72. The Morgan fingerprint density at radius 3 is 2.92 bits per heavy atom. The third-order valence-electron chi connectivity index (χ3n) is 2.18. The van der Waals surface area contributed by atoms with Crippen molar-refractivity contribution in [3.63, 3.8) is 0 Å². The van der Waals surface area contributed by atoms with Gasteiger partial charge in [0.2, 0.25) is 5.91 Å². The Morgan fingerprint density at radius 1 is 1.67 bits per heavy atom. The molecule has 2 unspecified atom stereocenters. The zero-order valence-corrected chi connectivity index (χ0v) is 8.99. The number of carbonyl (C=O) groups excluding carboxylic acids is 1. The minimum atomic E-state index is 0.0694. The van der Waals surface area contributed by atoms with Crippen LogP contribution in [0, 0.1) is 0 Å². The van der Waals surface area contributed by atoms with Crippen LogP contribution in [0.25, 0.3) is 0 Å². The number of carbonyl (C=O) groups is 1. The lowest BCUT2D eigenvalue weighted by molar-refractivity contribution is -0.128. The number of hydrogen-bond acceptors (Lipinski definition) is 2. The molecule has 0 aromatic carbocycles. The van der Waals surface area contributed by atoms with Crippen molar-refractivity contribution >= 4 is 29.3 Å². The number of nitrogens with zero attached hydrogens (tertiary/aromatic N) is 1. The van der Waals surface area contributed by atoms with Gasteiger partial charge in [0.05, 0.1) is 5.25 Å². The maximum atomic E-state index is 11.6. The first-order chi connectivity index (χ1) is 5.65. The van der Waals surface area contributed by atoms with E-state index in [2.05, 4.69) is 0 Å². The number of likely N-dealkylation sites (tertiary alicyclic amines) is 1. The average Bonchev–Trinajstić information content (AvgIpc) is 2.18. The van der Waals surface area contributed by atoms with Crippen LogP contribution in [0.3, 0.4) is 0 Å². The molecule has 1 aliphatic heterocycles. The Hall–Kier alpha value is 0.110. The van der Waals surface area contributed by atoms with Crippen LogP contribution in [0.5, 0.6) is 0 Å². The molecule has 0 aromatic rings. The molecule has 1 fully saturated rings. The van der Waals surface area contributed by atoms with E-state index in [1.54, 1.807) is 16.7 Å². The molecule has 0 bridgehead atoms. The number of alkyl halides is 1. The topological polar surface area (TPSA) is 20.3 Å². The fourth-order valence-corrected chi connectivity index (χ4v) is 2.53. The van der Waals surface area contributed by atoms with Gasteiger partial charge < -0.3 is 4.90 Å². The van der Waals surface area contributed by atoms with Crippen molar-refractivity contribution in [2.75, 3.05) is 19.8 Å². The molecule has 0 aliphatic carbocycles. The predicted molar refractivity (Wildman–Crippen MR) is 53.8 cm³/mol. The van der Waals surface area contributed by atoms with E-state index in [1.807, 2.05) is 13.3 Å². The third kappa shape index (κ3) is 2.30. The predicted octanol–water partition coefficient (Wildman–Crippen LogP) is 1.58. The highest BCUT2D eigenvalue weighted by Crippen LogP contribution is 2.23. The van der Waals surface area contributed by atoms with Crippen LogP contribution in [0.15, 0.2) is 0 Å². The monoisotopic (exact) mass is 207 g/mol. The number of halogens is 1. The van der Waals surface area contributed by atoms with E-state index >= 15 is 0 Å². The first-order valence-electron chi connectivity index (χ1n) is 4.07. The standard InChI is InChI=1S/C8H14ClNOS/c1-10-4-3-6(9)5-7(12-2)8(10)11/h6-7H,3-5H2,1-2H3. The van der Waals surface area contributed by atoms with E-state index < -0.39 is 0 Å². The summed E-state index contributed by atoms with van der Waals surface area (Å²) < 4.78 is 0. The average molecular weight is 208 g/mol. The van der Waals surface area contributed by atoms with Gasteiger partial charge in [-0.15, -0.1) is 11.6 Å². The van der Waals surface area contributed by atoms with Crippen molar-refractivity contribution in [1.29, 1.82) is 0 Å². The summed E-state index contributed by atoms with van der Waals surface area (Å²) in [6, 6.07) is 0. The molecule has 70 valence electrons. The van der Waals surface area contributed by atoms with Gasteiger partial charge in [0.1, 0.15) is 0 Å². The van der Waals surface area contributed by atoms with Gasteiger partial charge >= 0.3 is 0 Å². The number of amides is 1. The van der Waals surface area contributed by atoms with Crippen LogP contribution in [-0.4, -0.2) is 41.3 Å². The van der Waals surface area contributed by atoms with Crippen molar-refractivity contribution in [3.05, 3.63) is 0 Å². The van der Waals surface area contributed by atoms with Crippen LogP contribution in [0.1, 0.15) is 12.8 Å². The summed E-state index contributed by atoms with van der Waals surface area (Å²) in [4.78, 5) is 13.3. The highest BCUT2D eigenvalue weighted by Gasteiger charge is 2.27. The lowest BCUT2D eigenvalue weighted by atomic mass is 10.2. The van der Waals surface area contributed by atoms with Gasteiger partial charge in [-0.3, -0.25) is 4.79 Å². The van der Waals surface area contributed by atoms with Gasteiger partial charge in [-0.1, -0.05) is 0 Å². The van der Waals surface area contributed by atoms with Crippen LogP contribution in [0.4, 0.5) is 0 Å². The van der Waals surface area contributed by atoms with Crippen LogP contribution < -0.4 is 0 Å². The highest BCUT2D eigenvalue weighted by molar-refractivity contribution is 7.99. The molecule has 12 heavy (non-hydrogen) atoms. The minimum absolute atomic E-state index is 0.0694. The first kappa shape index (κ1) is 10.2. The fraction of sp³-hybridized carbons (Fsp3) is 0.875. The molecule has 0 saturated carbocycles. The summed E-state index contributed by atoms with van der Waals surface area (Å²) in [5, 5.41) is 0.233. The zero-order valence-electron chi connectivity index (χ0n) is 7.42. The van der Waals surface area contributed by atoms with Gasteiger partial charge in [-0.25, -0.2) is 0 Å². The summed E-state index contributed by atoms with van der Waals surface area (Å²) in [6.07, 6.45) is 3.69. The molecule has 0 spiro atoms. The van der Waals surface area contributed by atoms with E-state index in [0.29, 0.717) is 0 Å². The van der Waals surface area contributed by atoms with Crippen molar-refractivity contribution in [1.82, 2.24) is 4.90 Å². The second kappa shape index (κ2) is 4.38. The van der Waals surface area contributed by atoms with Crippen molar-refractivity contribution in [3.8, 4) is 0 Å². The van der Waals surface area contributed by atoms with E-state index in [1.165, 1.54) is 0 Å². The molecule has 2 atom stereocenters. The van der Waals surface area contributed by atoms with Crippen LogP contribution >= 0.6 is 23.4 Å². The van der Waals surface area contributed by atoms with Crippen LogP contribution in [0.2, 0.25) is 0 Å². The molecule has 1 aliphatic rings. The summed E-state index contributed by atoms with van der Waals surface area (Å²) >= 11 is 7.63. The van der Waals surface area contributed by atoms with E-state index in [-0.39, 0.29) is 16.5 Å². The SMILES string of the molecule is CSC1CC(Cl)CCN(C)C1=O. The van der Waals surface area contributed by atoms with Crippen LogP contribution in [-0.2, 0) is 4.79 Å². The summed E-state index contributed by atoms with van der Waals surface area (Å²) in [5.74, 6) is 0.227. The summed E-state index contributed by atoms with van der Waals surface area (Å²) in [7, 11) is 1.85. The van der Waals surface area contributed by atoms with Crippen molar-refractivity contribution in [2.24, 2.45) is 0 Å². The van der Waals surface area contributed by atoms with Gasteiger partial charge in [-0.05, 0) is 19.1 Å². The Morgan fingerprint density at radius 2 is 2.33 bits per heavy atom. The van der Waals surface area contributed by atoms with Gasteiger partial charge in [0, 0.05) is 19.0 Å². The summed E-state index contributed by atoms with van der Waals surface area (Å²) in [6.45, 7) is 0.796. The number of hydrogen-bond donors (Lipinski definition) is 0. The molecular weight excluding hydrogens is 194 g/mol. The van der Waals surface area contributed by atoms with Gasteiger partial charge in [0.25, 0.3) is 0 Å². The van der Waals surface area contributed by atoms with Gasteiger partial charge in [-0.2, -0.15) is 11.8 Å². The molecule has 0 aromatic heterocycles. The Bertz CT molecular complexity index is 176. The van der Waals surface area contributed by atoms with E-state index in [9.17, 15) is 4.79 Å². The van der Waals surface area contributed by atoms with Crippen molar-refractivity contribution in [2.45, 2.75) is 23.5 Å². The van der Waals surface area contributed by atoms with Crippen molar-refractivity contribution < 1.29 is 4.79 Å². The lowest BCUT2D eigenvalue weighted by Gasteiger charge is -2.17. The summed E-state index contributed by atoms with van der Waals surface area (Å²) in [5.41, 5.74) is 0. The maximum absolute atomic E-state index is 11.6. The lowest BCUT2D eigenvalue weighted by Crippen LogP contribution is -2.32. The smallest absolute Gasteiger partial charge is 0.235 e. The first-order valence-corrected chi connectivity index (χ1v) is 5.79. The molecule has 0 N–H and O–H groups in total. The zero-order chi connectivity index (χ0) is 9.14. The van der Waals surface area contributed by atoms with Gasteiger partial charge in [0.15, 0.2) is 0 Å². The third-order valence-corrected chi connectivity index (χ3v) is 3.54. The molecule has 2 nitrogen and oxygen atoms in total. The molecular formula is C8H14ClNOS. The minimum Gasteiger partial charge on any atom is -0.345 e. The molecule has 1 rings (SSSR count). The molecule has 1 heterocycles. The second-order valence-corrected chi connectivity index (χ2v) is 4.76. The normalized spacial score (nSPS) is 31.9. The Labute approximate surface area is 82.6 Å². The quantitative estimate of drug-likeness (QED) is 0.609. The fourth-order valence-electron chi connectivity index (χ4n) is 1.34. The highest BCUT2D eigenvalue weighted by atomic mass is 35.5. The molecule has 4 heteroatoms. The van der Waals surface area contributed by atoms with E-state index in [0.717, 1.165) is 19.4 Å². The molecule has 1 amide bonds. The molecule has 1 saturated heterocycles. The number of thioether (sulfide) groups is 1.